The summed E-state index contributed by atoms with van der Waals surface area (Å²) in [5.74, 6) is 0. The molecular formula is C21H20F3N3OS. The van der Waals surface area contributed by atoms with Crippen LogP contribution in [-0.2, 0) is 11.0 Å². The predicted octanol–water partition coefficient (Wildman–Crippen LogP) is 5.06. The first-order valence-electron chi connectivity index (χ1n) is 9.38. The molecule has 1 fully saturated rings. The van der Waals surface area contributed by atoms with Crippen molar-refractivity contribution in [2.24, 2.45) is 5.16 Å². The van der Waals surface area contributed by atoms with Crippen LogP contribution in [0.4, 0.5) is 18.9 Å². The molecule has 4 rings (SSSR count). The number of thiocarbonyl (C=S) groups is 1. The summed E-state index contributed by atoms with van der Waals surface area (Å²) in [7, 11) is 0. The average molecular weight is 419 g/mol. The summed E-state index contributed by atoms with van der Waals surface area (Å²) in [5, 5.41) is 7.64. The maximum Gasteiger partial charge on any atom is 0.416 e. The number of anilines is 1. The van der Waals surface area contributed by atoms with E-state index in [1.165, 1.54) is 6.07 Å². The minimum Gasteiger partial charge on any atom is -0.388 e. The topological polar surface area (TPSA) is 36.9 Å². The van der Waals surface area contributed by atoms with Crippen molar-refractivity contribution in [3.05, 3.63) is 65.7 Å². The second kappa shape index (κ2) is 7.67. The van der Waals surface area contributed by atoms with Gasteiger partial charge in [-0.05, 0) is 36.0 Å². The molecule has 0 aromatic heterocycles. The molecule has 0 aliphatic carbocycles. The fourth-order valence-electron chi connectivity index (χ4n) is 3.67. The van der Waals surface area contributed by atoms with Gasteiger partial charge in [-0.2, -0.15) is 13.2 Å². The molecule has 0 unspecified atom stereocenters. The number of rotatable bonds is 2. The molecule has 2 aliphatic rings. The lowest BCUT2D eigenvalue weighted by Gasteiger charge is -2.38. The molecule has 1 spiro atoms. The minimum atomic E-state index is -4.38. The van der Waals surface area contributed by atoms with Crippen LogP contribution in [0.2, 0.25) is 0 Å². The van der Waals surface area contributed by atoms with Crippen LogP contribution in [-0.4, -0.2) is 34.4 Å². The van der Waals surface area contributed by atoms with Gasteiger partial charge in [0, 0.05) is 38.0 Å². The molecule has 0 amide bonds. The van der Waals surface area contributed by atoms with E-state index in [-0.39, 0.29) is 5.60 Å². The van der Waals surface area contributed by atoms with Crippen LogP contribution in [0.1, 0.15) is 30.4 Å². The standard InChI is InChI=1S/C21H20F3N3OS/c22-21(23,24)16-7-4-8-17(13-16)25-19(29)27-11-9-20(10-12-27)14-18(26-28-20)15-5-2-1-3-6-15/h1-8,13H,9-12,14H2,(H,25,29). The van der Waals surface area contributed by atoms with Crippen molar-refractivity contribution in [1.29, 1.82) is 0 Å². The average Bonchev–Trinajstić information content (AvgIpc) is 3.12. The van der Waals surface area contributed by atoms with Crippen LogP contribution in [0.15, 0.2) is 59.8 Å². The number of likely N-dealkylation sites (tertiary alicyclic amines) is 1. The molecule has 0 atom stereocenters. The summed E-state index contributed by atoms with van der Waals surface area (Å²) in [5.41, 5.74) is 1.31. The number of oxime groups is 1. The fraction of sp³-hybridized carbons (Fsp3) is 0.333. The molecule has 4 nitrogen and oxygen atoms in total. The molecular weight excluding hydrogens is 399 g/mol. The Morgan fingerprint density at radius 2 is 1.79 bits per heavy atom. The Labute approximate surface area is 172 Å². The summed E-state index contributed by atoms with van der Waals surface area (Å²) in [6.07, 6.45) is -2.14. The quantitative estimate of drug-likeness (QED) is 0.691. The lowest BCUT2D eigenvalue weighted by molar-refractivity contribution is -0.137. The van der Waals surface area contributed by atoms with Crippen molar-refractivity contribution < 1.29 is 18.0 Å². The summed E-state index contributed by atoms with van der Waals surface area (Å²) in [6.45, 7) is 1.31. The summed E-state index contributed by atoms with van der Waals surface area (Å²) >= 11 is 5.42. The fourth-order valence-corrected chi connectivity index (χ4v) is 3.97. The number of nitrogens with zero attached hydrogens (tertiary/aromatic N) is 2. The van der Waals surface area contributed by atoms with Crippen LogP contribution in [0, 0.1) is 0 Å². The molecule has 1 saturated heterocycles. The van der Waals surface area contributed by atoms with Crippen molar-refractivity contribution in [2.75, 3.05) is 18.4 Å². The Balaban J connectivity index is 1.34. The first-order valence-corrected chi connectivity index (χ1v) is 9.79. The maximum absolute atomic E-state index is 12.9. The van der Waals surface area contributed by atoms with E-state index < -0.39 is 11.7 Å². The Hall–Kier alpha value is -2.61. The van der Waals surface area contributed by atoms with Gasteiger partial charge in [-0.25, -0.2) is 0 Å². The van der Waals surface area contributed by atoms with Crippen LogP contribution in [0.3, 0.4) is 0 Å². The zero-order chi connectivity index (χ0) is 20.5. The third-order valence-electron chi connectivity index (χ3n) is 5.35. The van der Waals surface area contributed by atoms with Gasteiger partial charge in [0.15, 0.2) is 5.11 Å². The molecule has 29 heavy (non-hydrogen) atoms. The third-order valence-corrected chi connectivity index (χ3v) is 5.71. The van der Waals surface area contributed by atoms with E-state index in [1.54, 1.807) is 6.07 Å². The summed E-state index contributed by atoms with van der Waals surface area (Å²) in [4.78, 5) is 7.78. The molecule has 8 heteroatoms. The van der Waals surface area contributed by atoms with Gasteiger partial charge in [0.25, 0.3) is 0 Å². The zero-order valence-corrected chi connectivity index (χ0v) is 16.4. The molecule has 0 bridgehead atoms. The molecule has 2 aromatic rings. The van der Waals surface area contributed by atoms with Gasteiger partial charge in [-0.1, -0.05) is 41.6 Å². The highest BCUT2D eigenvalue weighted by atomic mass is 32.1. The molecule has 2 heterocycles. The SMILES string of the molecule is FC(F)(F)c1cccc(NC(=S)N2CCC3(CC2)CC(c2ccccc2)=NO3)c1. The molecule has 1 N–H and O–H groups in total. The van der Waals surface area contributed by atoms with Crippen molar-refractivity contribution in [2.45, 2.75) is 31.0 Å². The Kier molecular flexibility index (Phi) is 5.21. The van der Waals surface area contributed by atoms with Crippen LogP contribution in [0.25, 0.3) is 0 Å². The van der Waals surface area contributed by atoms with Crippen LogP contribution >= 0.6 is 12.2 Å². The number of piperidine rings is 1. The first kappa shape index (κ1) is 19.7. The first-order chi connectivity index (χ1) is 13.8. The van der Waals surface area contributed by atoms with Crippen LogP contribution in [0.5, 0.6) is 0 Å². The Morgan fingerprint density at radius 1 is 1.07 bits per heavy atom. The number of hydrogen-bond acceptors (Lipinski definition) is 3. The van der Waals surface area contributed by atoms with E-state index in [4.69, 9.17) is 17.1 Å². The highest BCUT2D eigenvalue weighted by molar-refractivity contribution is 7.80. The predicted molar refractivity (Wildman–Crippen MR) is 110 cm³/mol. The largest absolute Gasteiger partial charge is 0.416 e. The van der Waals surface area contributed by atoms with Gasteiger partial charge in [0.1, 0.15) is 5.60 Å². The zero-order valence-electron chi connectivity index (χ0n) is 15.6. The Bertz CT molecular complexity index is 922. The van der Waals surface area contributed by atoms with Gasteiger partial charge in [0.05, 0.1) is 11.3 Å². The second-order valence-corrected chi connectivity index (χ2v) is 7.74. The van der Waals surface area contributed by atoms with E-state index in [1.807, 2.05) is 35.2 Å². The highest BCUT2D eigenvalue weighted by Gasteiger charge is 2.42. The number of halogens is 3. The van der Waals surface area contributed by atoms with Crippen molar-refractivity contribution in [3.63, 3.8) is 0 Å². The van der Waals surface area contributed by atoms with Gasteiger partial charge < -0.3 is 15.1 Å². The molecule has 152 valence electrons. The number of benzene rings is 2. The summed E-state index contributed by atoms with van der Waals surface area (Å²) in [6, 6.07) is 15.0. The lowest BCUT2D eigenvalue weighted by Crippen LogP contribution is -2.48. The van der Waals surface area contributed by atoms with Crippen molar-refractivity contribution in [3.8, 4) is 0 Å². The number of hydrogen-bond donors (Lipinski definition) is 1. The molecule has 2 aliphatic heterocycles. The van der Waals surface area contributed by atoms with E-state index >= 15 is 0 Å². The number of alkyl halides is 3. The van der Waals surface area contributed by atoms with E-state index in [2.05, 4.69) is 10.5 Å². The summed E-state index contributed by atoms with van der Waals surface area (Å²) < 4.78 is 38.7. The maximum atomic E-state index is 12.9. The number of nitrogens with one attached hydrogen (secondary N) is 1. The van der Waals surface area contributed by atoms with Gasteiger partial charge in [-0.15, -0.1) is 0 Å². The normalized spacial score (nSPS) is 18.3. The van der Waals surface area contributed by atoms with E-state index in [0.29, 0.717) is 23.9 Å². The molecule has 0 saturated carbocycles. The van der Waals surface area contributed by atoms with Gasteiger partial charge in [0.2, 0.25) is 0 Å². The monoisotopic (exact) mass is 419 g/mol. The van der Waals surface area contributed by atoms with Crippen molar-refractivity contribution >= 4 is 28.7 Å². The third kappa shape index (κ3) is 4.37. The smallest absolute Gasteiger partial charge is 0.388 e. The minimum absolute atomic E-state index is 0.326. The highest BCUT2D eigenvalue weighted by Crippen LogP contribution is 2.36. The van der Waals surface area contributed by atoms with Gasteiger partial charge >= 0.3 is 6.18 Å². The van der Waals surface area contributed by atoms with E-state index in [9.17, 15) is 13.2 Å². The molecule has 2 aromatic carbocycles. The van der Waals surface area contributed by atoms with Crippen molar-refractivity contribution in [1.82, 2.24) is 4.90 Å². The van der Waals surface area contributed by atoms with Gasteiger partial charge in [-0.3, -0.25) is 0 Å². The van der Waals surface area contributed by atoms with Crippen LogP contribution < -0.4 is 5.32 Å². The van der Waals surface area contributed by atoms with E-state index in [0.717, 1.165) is 42.7 Å². The second-order valence-electron chi connectivity index (χ2n) is 7.35. The lowest BCUT2D eigenvalue weighted by atomic mass is 9.85. The molecule has 0 radical (unpaired) electrons. The Morgan fingerprint density at radius 3 is 2.48 bits per heavy atom.